The van der Waals surface area contributed by atoms with Crippen LogP contribution in [-0.2, 0) is 9.26 Å². The van der Waals surface area contributed by atoms with Gasteiger partial charge < -0.3 is 14.4 Å². The van der Waals surface area contributed by atoms with Gasteiger partial charge in [-0.05, 0) is 6.42 Å². The number of aliphatic hydroxyl groups excluding tert-OH is 1. The molecule has 0 amide bonds. The van der Waals surface area contributed by atoms with E-state index in [1.807, 2.05) is 0 Å². The lowest BCUT2D eigenvalue weighted by molar-refractivity contribution is 0.00755. The molecule has 64 valence electrons. The maximum absolute atomic E-state index is 8.87. The van der Waals surface area contributed by atoms with Crippen molar-refractivity contribution >= 4 is 16.7 Å². The Labute approximate surface area is 70.0 Å². The van der Waals surface area contributed by atoms with Crippen molar-refractivity contribution in [2.24, 2.45) is 0 Å². The summed E-state index contributed by atoms with van der Waals surface area (Å²) in [6.45, 7) is 2.12. The summed E-state index contributed by atoms with van der Waals surface area (Å²) < 4.78 is 10.6. The maximum Gasteiger partial charge on any atom is 0.154 e. The van der Waals surface area contributed by atoms with Gasteiger partial charge in [0.15, 0.2) is 7.28 Å². The van der Waals surface area contributed by atoms with Crippen LogP contribution >= 0.6 is 9.47 Å². The summed E-state index contributed by atoms with van der Waals surface area (Å²) >= 11 is 0. The Hall–Kier alpha value is 0.375. The van der Waals surface area contributed by atoms with Crippen molar-refractivity contribution < 1.29 is 14.4 Å². The Kier molecular flexibility index (Phi) is 3.80. The highest BCUT2D eigenvalue weighted by molar-refractivity contribution is 7.09. The number of hydrogen-bond donors (Lipinski definition) is 1. The fourth-order valence-electron chi connectivity index (χ4n) is 1.37. The fraction of sp³-hybridized carbons (Fsp3) is 1.00. The van der Waals surface area contributed by atoms with E-state index in [9.17, 15) is 0 Å². The molecule has 0 aromatic carbocycles. The molecule has 0 aromatic heterocycles. The van der Waals surface area contributed by atoms with Gasteiger partial charge in [-0.15, -0.1) is 0 Å². The molecule has 0 aliphatic carbocycles. The van der Waals surface area contributed by atoms with Gasteiger partial charge in [0.1, 0.15) is 6.10 Å². The Bertz CT molecular complexity index is 112. The summed E-state index contributed by atoms with van der Waals surface area (Å²) in [5.41, 5.74) is 0. The van der Waals surface area contributed by atoms with Gasteiger partial charge in [-0.1, -0.05) is 6.82 Å². The first kappa shape index (κ1) is 9.46. The number of ether oxygens (including phenoxy) is 1. The zero-order valence-electron chi connectivity index (χ0n) is 6.69. The Balaban J connectivity index is 2.41. The van der Waals surface area contributed by atoms with Crippen LogP contribution in [0.15, 0.2) is 0 Å². The molecular formula is C6H14BO3P. The molecular weight excluding hydrogens is 162 g/mol. The molecule has 1 aliphatic rings. The predicted octanol–water partition coefficient (Wildman–Crippen LogP) is -0.246. The molecule has 1 N–H and O–H groups in total. The standard InChI is InChI=1S/C6H14BO3P/c1-7-6-2-4(10-11)5(3-8)9-6/h4-8H,2-3,11H2,1H3/t4?,5-,6-/m1/s1. The highest BCUT2D eigenvalue weighted by Gasteiger charge is 2.33. The van der Waals surface area contributed by atoms with E-state index in [0.29, 0.717) is 0 Å². The first-order valence-electron chi connectivity index (χ1n) is 3.93. The highest BCUT2D eigenvalue weighted by Crippen LogP contribution is 2.23. The first-order chi connectivity index (χ1) is 5.31. The van der Waals surface area contributed by atoms with E-state index in [4.69, 9.17) is 14.4 Å². The molecule has 0 spiro atoms. The molecule has 11 heavy (non-hydrogen) atoms. The van der Waals surface area contributed by atoms with Crippen LogP contribution in [0.25, 0.3) is 0 Å². The fourth-order valence-corrected chi connectivity index (χ4v) is 1.65. The van der Waals surface area contributed by atoms with Crippen LogP contribution in [0.4, 0.5) is 0 Å². The van der Waals surface area contributed by atoms with Crippen molar-refractivity contribution in [1.82, 2.24) is 0 Å². The largest absolute Gasteiger partial charge is 0.394 e. The quantitative estimate of drug-likeness (QED) is 0.476. The van der Waals surface area contributed by atoms with Crippen LogP contribution < -0.4 is 0 Å². The van der Waals surface area contributed by atoms with Gasteiger partial charge >= 0.3 is 0 Å². The van der Waals surface area contributed by atoms with Crippen molar-refractivity contribution in [3.8, 4) is 0 Å². The lowest BCUT2D eigenvalue weighted by Gasteiger charge is -2.13. The molecule has 1 saturated heterocycles. The molecule has 0 radical (unpaired) electrons. The molecule has 1 rings (SSSR count). The van der Waals surface area contributed by atoms with Gasteiger partial charge in [0.2, 0.25) is 0 Å². The first-order valence-corrected chi connectivity index (χ1v) is 4.40. The van der Waals surface area contributed by atoms with Gasteiger partial charge in [-0.25, -0.2) is 0 Å². The van der Waals surface area contributed by atoms with Crippen molar-refractivity contribution in [2.45, 2.75) is 31.5 Å². The van der Waals surface area contributed by atoms with Crippen LogP contribution in [0.5, 0.6) is 0 Å². The molecule has 0 saturated carbocycles. The van der Waals surface area contributed by atoms with E-state index in [0.717, 1.165) is 13.7 Å². The molecule has 4 atom stereocenters. The SMILES string of the molecule is CB[C@H]1CC(OP)[C@@H](CO)O1. The normalized spacial score (nSPS) is 37.5. The minimum Gasteiger partial charge on any atom is -0.394 e. The van der Waals surface area contributed by atoms with E-state index in [1.54, 1.807) is 0 Å². The van der Waals surface area contributed by atoms with Gasteiger partial charge in [0.05, 0.1) is 12.7 Å². The van der Waals surface area contributed by atoms with Crippen molar-refractivity contribution in [1.29, 1.82) is 0 Å². The third-order valence-electron chi connectivity index (χ3n) is 2.09. The van der Waals surface area contributed by atoms with Crippen LogP contribution in [0.2, 0.25) is 6.82 Å². The number of hydrogen-bond acceptors (Lipinski definition) is 3. The lowest BCUT2D eigenvalue weighted by atomic mass is 9.73. The molecule has 1 aliphatic heterocycles. The summed E-state index contributed by atoms with van der Waals surface area (Å²) in [7, 11) is 3.21. The second-order valence-corrected chi connectivity index (χ2v) is 3.07. The van der Waals surface area contributed by atoms with Crippen LogP contribution in [0, 0.1) is 0 Å². The summed E-state index contributed by atoms with van der Waals surface area (Å²) in [5, 5.41) is 8.87. The monoisotopic (exact) mass is 176 g/mol. The van der Waals surface area contributed by atoms with Crippen LogP contribution in [0.3, 0.4) is 0 Å². The zero-order chi connectivity index (χ0) is 8.27. The van der Waals surface area contributed by atoms with Gasteiger partial charge in [0, 0.05) is 15.5 Å². The topological polar surface area (TPSA) is 38.7 Å². The summed E-state index contributed by atoms with van der Waals surface area (Å²) in [6.07, 6.45) is 0.818. The Morgan fingerprint density at radius 1 is 1.82 bits per heavy atom. The Morgan fingerprint density at radius 3 is 2.91 bits per heavy atom. The predicted molar refractivity (Wildman–Crippen MR) is 48.0 cm³/mol. The maximum atomic E-state index is 8.87. The summed E-state index contributed by atoms with van der Waals surface area (Å²) in [5.74, 6) is 0. The Morgan fingerprint density at radius 2 is 2.55 bits per heavy atom. The zero-order valence-corrected chi connectivity index (χ0v) is 7.85. The van der Waals surface area contributed by atoms with E-state index in [2.05, 4.69) is 16.3 Å². The number of aliphatic hydroxyl groups is 1. The van der Waals surface area contributed by atoms with E-state index >= 15 is 0 Å². The molecule has 1 heterocycles. The van der Waals surface area contributed by atoms with Crippen molar-refractivity contribution in [3.05, 3.63) is 0 Å². The summed E-state index contributed by atoms with van der Waals surface area (Å²) in [4.78, 5) is 0. The molecule has 5 heteroatoms. The smallest absolute Gasteiger partial charge is 0.154 e. The number of rotatable bonds is 3. The molecule has 2 unspecified atom stereocenters. The highest BCUT2D eigenvalue weighted by atomic mass is 31.0. The van der Waals surface area contributed by atoms with Crippen LogP contribution in [0.1, 0.15) is 6.42 Å². The molecule has 0 bridgehead atoms. The average Bonchev–Trinajstić information content (AvgIpc) is 2.46. The second kappa shape index (κ2) is 4.41. The third-order valence-corrected chi connectivity index (χ3v) is 2.44. The van der Waals surface area contributed by atoms with E-state index in [-0.39, 0.29) is 24.8 Å². The summed E-state index contributed by atoms with van der Waals surface area (Å²) in [6, 6.07) is 0.262. The third kappa shape index (κ3) is 2.16. The van der Waals surface area contributed by atoms with E-state index in [1.165, 1.54) is 0 Å². The lowest BCUT2D eigenvalue weighted by Crippen LogP contribution is -2.25. The van der Waals surface area contributed by atoms with Gasteiger partial charge in [-0.3, -0.25) is 0 Å². The van der Waals surface area contributed by atoms with Gasteiger partial charge in [0.25, 0.3) is 0 Å². The minimum atomic E-state index is -0.127. The minimum absolute atomic E-state index is 0.0509. The molecule has 0 aromatic rings. The average molecular weight is 176 g/mol. The van der Waals surface area contributed by atoms with Crippen molar-refractivity contribution in [2.75, 3.05) is 6.61 Å². The van der Waals surface area contributed by atoms with Gasteiger partial charge in [-0.2, -0.15) is 0 Å². The molecule has 1 fully saturated rings. The second-order valence-electron chi connectivity index (χ2n) is 2.80. The molecule has 3 nitrogen and oxygen atoms in total. The van der Waals surface area contributed by atoms with Crippen LogP contribution in [-0.4, -0.2) is 37.2 Å². The van der Waals surface area contributed by atoms with E-state index < -0.39 is 0 Å². The van der Waals surface area contributed by atoms with Crippen molar-refractivity contribution in [3.63, 3.8) is 0 Å².